The van der Waals surface area contributed by atoms with Crippen molar-refractivity contribution < 1.29 is 0 Å². The minimum atomic E-state index is 0.256. The Kier molecular flexibility index (Phi) is 4.26. The van der Waals surface area contributed by atoms with Gasteiger partial charge in [0.05, 0.1) is 30.0 Å². The molecule has 0 saturated heterocycles. The van der Waals surface area contributed by atoms with Gasteiger partial charge in [0.25, 0.3) is 0 Å². The Bertz CT molecular complexity index is 616. The highest BCUT2D eigenvalue weighted by atomic mass is 15.1. The molecule has 2 aromatic heterocycles. The first-order chi connectivity index (χ1) is 9.72. The maximum atomic E-state index is 8.65. The minimum absolute atomic E-state index is 0.256. The molecule has 2 heterocycles. The van der Waals surface area contributed by atoms with Crippen LogP contribution in [0.15, 0.2) is 24.7 Å². The summed E-state index contributed by atoms with van der Waals surface area (Å²) in [6, 6.07) is 3.66. The number of nitriles is 1. The molecule has 6 N–H and O–H groups in total. The molecule has 0 aliphatic rings. The van der Waals surface area contributed by atoms with Crippen molar-refractivity contribution in [2.75, 3.05) is 29.5 Å². The maximum Gasteiger partial charge on any atom is 0.158 e. The predicted octanol–water partition coefficient (Wildman–Crippen LogP) is 0.440. The van der Waals surface area contributed by atoms with Crippen molar-refractivity contribution in [3.05, 3.63) is 30.4 Å². The number of nitrogens with zero attached hydrogens (tertiary/aromatic N) is 4. The molecule has 0 unspecified atom stereocenters. The quantitative estimate of drug-likeness (QED) is 0.613. The highest BCUT2D eigenvalue weighted by molar-refractivity contribution is 5.70. The zero-order chi connectivity index (χ0) is 14.4. The van der Waals surface area contributed by atoms with Gasteiger partial charge in [0.15, 0.2) is 5.69 Å². The van der Waals surface area contributed by atoms with Gasteiger partial charge >= 0.3 is 0 Å². The first-order valence-electron chi connectivity index (χ1n) is 5.91. The van der Waals surface area contributed by atoms with Crippen LogP contribution in [0.3, 0.4) is 0 Å². The smallest absolute Gasteiger partial charge is 0.158 e. The normalized spacial score (nSPS) is 9.80. The maximum absolute atomic E-state index is 8.65. The number of hydrogen-bond donors (Lipinski definition) is 4. The van der Waals surface area contributed by atoms with Crippen LogP contribution in [0.5, 0.6) is 0 Å². The summed E-state index contributed by atoms with van der Waals surface area (Å²) in [6.45, 7) is 1.12. The molecule has 20 heavy (non-hydrogen) atoms. The molecule has 0 aliphatic heterocycles. The third-order valence-electron chi connectivity index (χ3n) is 2.42. The van der Waals surface area contributed by atoms with Crippen molar-refractivity contribution in [2.45, 2.75) is 0 Å². The lowest BCUT2D eigenvalue weighted by Gasteiger charge is -2.10. The summed E-state index contributed by atoms with van der Waals surface area (Å²) in [5.74, 6) is 1.06. The van der Waals surface area contributed by atoms with E-state index in [9.17, 15) is 0 Å². The first-order valence-corrected chi connectivity index (χ1v) is 5.91. The SMILES string of the molecule is N#Cc1cnc(Nc2cc(NCCN)c(N)cn2)cn1. The predicted molar refractivity (Wildman–Crippen MR) is 76.2 cm³/mol. The number of pyridine rings is 1. The molecule has 0 aliphatic carbocycles. The molecule has 0 aromatic carbocycles. The fraction of sp³-hybridized carbons (Fsp3) is 0.167. The van der Waals surface area contributed by atoms with E-state index >= 15 is 0 Å². The summed E-state index contributed by atoms with van der Waals surface area (Å²) in [5.41, 5.74) is 12.8. The highest BCUT2D eigenvalue weighted by Crippen LogP contribution is 2.21. The molecular formula is C12H14N8. The van der Waals surface area contributed by atoms with Gasteiger partial charge in [-0.15, -0.1) is 0 Å². The molecule has 2 rings (SSSR count). The Balaban J connectivity index is 2.14. The van der Waals surface area contributed by atoms with Gasteiger partial charge in [0, 0.05) is 19.2 Å². The number of rotatable bonds is 5. The van der Waals surface area contributed by atoms with Crippen LogP contribution in [-0.4, -0.2) is 28.0 Å². The van der Waals surface area contributed by atoms with Crippen molar-refractivity contribution in [2.24, 2.45) is 5.73 Å². The van der Waals surface area contributed by atoms with Crippen LogP contribution in [0, 0.1) is 11.3 Å². The lowest BCUT2D eigenvalue weighted by Crippen LogP contribution is -2.14. The molecule has 0 spiro atoms. The number of nitrogens with two attached hydrogens (primary N) is 2. The van der Waals surface area contributed by atoms with Crippen molar-refractivity contribution in [1.82, 2.24) is 15.0 Å². The van der Waals surface area contributed by atoms with E-state index in [0.717, 1.165) is 5.69 Å². The van der Waals surface area contributed by atoms with Crippen molar-refractivity contribution in [3.8, 4) is 6.07 Å². The second-order valence-corrected chi connectivity index (χ2v) is 3.90. The summed E-state index contributed by atoms with van der Waals surface area (Å²) in [6.07, 6.45) is 4.38. The number of aromatic nitrogens is 3. The van der Waals surface area contributed by atoms with Gasteiger partial charge < -0.3 is 22.1 Å². The van der Waals surface area contributed by atoms with Gasteiger partial charge in [-0.2, -0.15) is 5.26 Å². The second-order valence-electron chi connectivity index (χ2n) is 3.90. The Morgan fingerprint density at radius 3 is 2.60 bits per heavy atom. The molecule has 0 amide bonds. The number of nitrogens with one attached hydrogen (secondary N) is 2. The summed E-state index contributed by atoms with van der Waals surface area (Å²) >= 11 is 0. The third-order valence-corrected chi connectivity index (χ3v) is 2.42. The largest absolute Gasteiger partial charge is 0.396 e. The Labute approximate surface area is 115 Å². The standard InChI is InChI=1S/C12H14N8/c13-1-2-16-10-3-11(19-6-9(10)15)20-12-7-17-8(4-14)5-18-12/h3,5-7H,1-2,13,15H2,(H2,16,18,19,20). The van der Waals surface area contributed by atoms with Crippen molar-refractivity contribution in [1.29, 1.82) is 5.26 Å². The van der Waals surface area contributed by atoms with E-state index < -0.39 is 0 Å². The van der Waals surface area contributed by atoms with E-state index in [1.54, 1.807) is 6.07 Å². The number of hydrogen-bond acceptors (Lipinski definition) is 8. The first kappa shape index (κ1) is 13.5. The third kappa shape index (κ3) is 3.30. The lowest BCUT2D eigenvalue weighted by atomic mass is 10.3. The summed E-state index contributed by atoms with van der Waals surface area (Å²) in [4.78, 5) is 12.1. The molecule has 8 heteroatoms. The molecule has 0 atom stereocenters. The van der Waals surface area contributed by atoms with Gasteiger partial charge in [-0.3, -0.25) is 0 Å². The topological polar surface area (TPSA) is 139 Å². The average Bonchev–Trinajstić information content (AvgIpc) is 2.48. The van der Waals surface area contributed by atoms with Gasteiger partial charge in [0.2, 0.25) is 0 Å². The van der Waals surface area contributed by atoms with Crippen LogP contribution in [-0.2, 0) is 0 Å². The van der Waals surface area contributed by atoms with E-state index in [4.69, 9.17) is 16.7 Å². The van der Waals surface area contributed by atoms with Gasteiger partial charge in [-0.1, -0.05) is 0 Å². The molecule has 0 radical (unpaired) electrons. The summed E-state index contributed by atoms with van der Waals surface area (Å²) in [7, 11) is 0. The van der Waals surface area contributed by atoms with Gasteiger partial charge in [-0.25, -0.2) is 15.0 Å². The van der Waals surface area contributed by atoms with E-state index in [1.807, 2.05) is 6.07 Å². The second kappa shape index (κ2) is 6.31. The monoisotopic (exact) mass is 270 g/mol. The molecular weight excluding hydrogens is 256 g/mol. The van der Waals surface area contributed by atoms with Crippen molar-refractivity contribution >= 4 is 23.0 Å². The van der Waals surface area contributed by atoms with E-state index in [2.05, 4.69) is 25.6 Å². The van der Waals surface area contributed by atoms with Crippen LogP contribution < -0.4 is 22.1 Å². The summed E-state index contributed by atoms with van der Waals surface area (Å²) in [5, 5.41) is 14.7. The Morgan fingerprint density at radius 2 is 1.95 bits per heavy atom. The van der Waals surface area contributed by atoms with E-state index in [-0.39, 0.29) is 5.69 Å². The Morgan fingerprint density at radius 1 is 1.15 bits per heavy atom. The van der Waals surface area contributed by atoms with E-state index in [1.165, 1.54) is 18.6 Å². The lowest BCUT2D eigenvalue weighted by molar-refractivity contribution is 1.02. The molecule has 102 valence electrons. The molecule has 0 saturated carbocycles. The zero-order valence-electron chi connectivity index (χ0n) is 10.7. The Hall–Kier alpha value is -2.92. The van der Waals surface area contributed by atoms with Crippen LogP contribution in [0.4, 0.5) is 23.0 Å². The van der Waals surface area contributed by atoms with Crippen LogP contribution >= 0.6 is 0 Å². The molecule has 0 fully saturated rings. The molecule has 8 nitrogen and oxygen atoms in total. The molecule has 0 bridgehead atoms. The fourth-order valence-electron chi connectivity index (χ4n) is 1.48. The van der Waals surface area contributed by atoms with Crippen LogP contribution in [0.25, 0.3) is 0 Å². The highest BCUT2D eigenvalue weighted by Gasteiger charge is 2.03. The van der Waals surface area contributed by atoms with E-state index in [0.29, 0.717) is 30.4 Å². The van der Waals surface area contributed by atoms with Gasteiger partial charge in [0.1, 0.15) is 17.7 Å². The number of anilines is 4. The van der Waals surface area contributed by atoms with Crippen molar-refractivity contribution in [3.63, 3.8) is 0 Å². The van der Waals surface area contributed by atoms with Gasteiger partial charge in [-0.05, 0) is 0 Å². The summed E-state index contributed by atoms with van der Waals surface area (Å²) < 4.78 is 0. The molecule has 2 aromatic rings. The van der Waals surface area contributed by atoms with Crippen LogP contribution in [0.2, 0.25) is 0 Å². The fourth-order valence-corrected chi connectivity index (χ4v) is 1.48. The average molecular weight is 270 g/mol. The zero-order valence-corrected chi connectivity index (χ0v) is 10.7. The minimum Gasteiger partial charge on any atom is -0.396 e. The van der Waals surface area contributed by atoms with Crippen LogP contribution in [0.1, 0.15) is 5.69 Å². The number of nitrogen functional groups attached to an aromatic ring is 1.